The molecule has 2 aromatic rings. The quantitative estimate of drug-likeness (QED) is 0.864. The molecule has 0 fully saturated rings. The number of carbonyl (C=O) groups is 1. The molecule has 1 aromatic heterocycles. The lowest BCUT2D eigenvalue weighted by molar-refractivity contribution is 0.0694. The first-order valence-corrected chi connectivity index (χ1v) is 6.78. The number of nitrogens with one attached hydrogen (secondary N) is 1. The van der Waals surface area contributed by atoms with E-state index in [1.807, 2.05) is 12.1 Å². The molecule has 3 rings (SSSR count). The SMILES string of the molecule is O=C(O)c1cn(-c2cccc3c2CCCC3)c(=O)[nH]c1=O. The summed E-state index contributed by atoms with van der Waals surface area (Å²) in [6.45, 7) is 0. The van der Waals surface area contributed by atoms with Gasteiger partial charge < -0.3 is 5.11 Å². The van der Waals surface area contributed by atoms with Crippen LogP contribution in [0.2, 0.25) is 0 Å². The molecule has 0 amide bonds. The smallest absolute Gasteiger partial charge is 0.342 e. The number of carboxylic acids is 1. The van der Waals surface area contributed by atoms with Crippen LogP contribution in [0.1, 0.15) is 34.3 Å². The summed E-state index contributed by atoms with van der Waals surface area (Å²) in [5, 5.41) is 9.03. The van der Waals surface area contributed by atoms with E-state index in [1.165, 1.54) is 10.1 Å². The van der Waals surface area contributed by atoms with Crippen molar-refractivity contribution in [2.45, 2.75) is 25.7 Å². The van der Waals surface area contributed by atoms with Crippen LogP contribution < -0.4 is 11.2 Å². The summed E-state index contributed by atoms with van der Waals surface area (Å²) in [5.74, 6) is -1.35. The predicted molar refractivity (Wildman–Crippen MR) is 76.3 cm³/mol. The monoisotopic (exact) mass is 286 g/mol. The third-order valence-electron chi connectivity index (χ3n) is 3.80. The largest absolute Gasteiger partial charge is 0.477 e. The molecule has 1 heterocycles. The second-order valence-electron chi connectivity index (χ2n) is 5.10. The minimum Gasteiger partial charge on any atom is -0.477 e. The number of fused-ring (bicyclic) bond motifs is 1. The van der Waals surface area contributed by atoms with Crippen LogP contribution in [0.25, 0.3) is 5.69 Å². The zero-order chi connectivity index (χ0) is 15.0. The Bertz CT molecular complexity index is 832. The summed E-state index contributed by atoms with van der Waals surface area (Å²) in [6.07, 6.45) is 5.05. The van der Waals surface area contributed by atoms with Gasteiger partial charge in [-0.3, -0.25) is 14.3 Å². The molecule has 6 nitrogen and oxygen atoms in total. The van der Waals surface area contributed by atoms with Crippen LogP contribution >= 0.6 is 0 Å². The summed E-state index contributed by atoms with van der Waals surface area (Å²) in [5.41, 5.74) is 0.930. The number of benzene rings is 1. The third-order valence-corrected chi connectivity index (χ3v) is 3.80. The van der Waals surface area contributed by atoms with Gasteiger partial charge in [0.1, 0.15) is 5.56 Å². The standard InChI is InChI=1S/C15H14N2O4/c18-13-11(14(19)20)8-17(15(21)16-13)12-7-3-5-9-4-1-2-6-10(9)12/h3,5,7-8H,1-2,4,6H2,(H,19,20)(H,16,18,21). The second kappa shape index (κ2) is 5.05. The summed E-state index contributed by atoms with van der Waals surface area (Å²) in [6, 6.07) is 5.64. The van der Waals surface area contributed by atoms with Gasteiger partial charge in [-0.25, -0.2) is 9.59 Å². The van der Waals surface area contributed by atoms with E-state index in [2.05, 4.69) is 4.98 Å². The van der Waals surface area contributed by atoms with Crippen molar-refractivity contribution in [3.8, 4) is 5.69 Å². The predicted octanol–water partition coefficient (Wildman–Crippen LogP) is 1.10. The normalized spacial score (nSPS) is 13.7. The van der Waals surface area contributed by atoms with Crippen molar-refractivity contribution in [1.82, 2.24) is 9.55 Å². The van der Waals surface area contributed by atoms with Gasteiger partial charge in [-0.15, -0.1) is 0 Å². The number of aryl methyl sites for hydroxylation is 1. The van der Waals surface area contributed by atoms with Crippen LogP contribution in [-0.4, -0.2) is 20.6 Å². The molecule has 21 heavy (non-hydrogen) atoms. The molecular formula is C15H14N2O4. The molecule has 108 valence electrons. The average Bonchev–Trinajstić information content (AvgIpc) is 2.46. The maximum atomic E-state index is 12.0. The number of nitrogens with zero attached hydrogens (tertiary/aromatic N) is 1. The van der Waals surface area contributed by atoms with Crippen LogP contribution in [0.15, 0.2) is 34.0 Å². The van der Waals surface area contributed by atoms with Crippen molar-refractivity contribution in [3.05, 3.63) is 61.9 Å². The zero-order valence-corrected chi connectivity index (χ0v) is 11.3. The van der Waals surface area contributed by atoms with Gasteiger partial charge in [-0.1, -0.05) is 12.1 Å². The van der Waals surface area contributed by atoms with Crippen molar-refractivity contribution in [2.24, 2.45) is 0 Å². The number of rotatable bonds is 2. The van der Waals surface area contributed by atoms with Crippen molar-refractivity contribution in [2.75, 3.05) is 0 Å². The molecule has 1 aliphatic carbocycles. The molecule has 0 atom stereocenters. The Morgan fingerprint density at radius 3 is 2.71 bits per heavy atom. The minimum atomic E-state index is -1.35. The van der Waals surface area contributed by atoms with Gasteiger partial charge in [0.15, 0.2) is 0 Å². The highest BCUT2D eigenvalue weighted by atomic mass is 16.4. The fraction of sp³-hybridized carbons (Fsp3) is 0.267. The molecular weight excluding hydrogens is 272 g/mol. The Balaban J connectivity index is 2.26. The molecule has 0 saturated heterocycles. The number of hydrogen-bond donors (Lipinski definition) is 2. The van der Waals surface area contributed by atoms with E-state index in [1.54, 1.807) is 6.07 Å². The summed E-state index contributed by atoms with van der Waals surface area (Å²) in [7, 11) is 0. The van der Waals surface area contributed by atoms with Crippen molar-refractivity contribution >= 4 is 5.97 Å². The highest BCUT2D eigenvalue weighted by molar-refractivity contribution is 5.86. The Morgan fingerprint density at radius 1 is 1.19 bits per heavy atom. The Hall–Kier alpha value is -2.63. The van der Waals surface area contributed by atoms with Gasteiger partial charge in [0.05, 0.1) is 5.69 Å². The molecule has 2 N–H and O–H groups in total. The molecule has 1 aliphatic rings. The van der Waals surface area contributed by atoms with Gasteiger partial charge in [0.25, 0.3) is 5.56 Å². The molecule has 0 radical (unpaired) electrons. The van der Waals surface area contributed by atoms with Gasteiger partial charge in [-0.05, 0) is 42.9 Å². The van der Waals surface area contributed by atoms with Gasteiger partial charge in [0, 0.05) is 6.20 Å². The van der Waals surface area contributed by atoms with Crippen LogP contribution in [0.4, 0.5) is 0 Å². The molecule has 6 heteroatoms. The number of carboxylic acid groups (broad SMARTS) is 1. The van der Waals surface area contributed by atoms with E-state index < -0.39 is 22.8 Å². The molecule has 1 aromatic carbocycles. The topological polar surface area (TPSA) is 92.2 Å². The molecule has 0 spiro atoms. The second-order valence-corrected chi connectivity index (χ2v) is 5.10. The zero-order valence-electron chi connectivity index (χ0n) is 11.3. The van der Waals surface area contributed by atoms with Crippen LogP contribution in [-0.2, 0) is 12.8 Å². The number of aromatic carboxylic acids is 1. The number of H-pyrrole nitrogens is 1. The summed E-state index contributed by atoms with van der Waals surface area (Å²) < 4.78 is 1.22. The van der Waals surface area contributed by atoms with E-state index >= 15 is 0 Å². The Morgan fingerprint density at radius 2 is 1.95 bits per heavy atom. The fourth-order valence-corrected chi connectivity index (χ4v) is 2.79. The first-order valence-electron chi connectivity index (χ1n) is 6.78. The van der Waals surface area contributed by atoms with E-state index in [4.69, 9.17) is 5.11 Å². The number of aromatic nitrogens is 2. The summed E-state index contributed by atoms with van der Waals surface area (Å²) in [4.78, 5) is 36.7. The Kier molecular flexibility index (Phi) is 3.21. The van der Waals surface area contributed by atoms with Gasteiger partial charge in [-0.2, -0.15) is 0 Å². The highest BCUT2D eigenvalue weighted by Crippen LogP contribution is 2.26. The third kappa shape index (κ3) is 2.29. The maximum Gasteiger partial charge on any atom is 0.342 e. The van der Waals surface area contributed by atoms with Crippen LogP contribution in [0.3, 0.4) is 0 Å². The van der Waals surface area contributed by atoms with Gasteiger partial charge >= 0.3 is 11.7 Å². The Labute approximate surface area is 119 Å². The first-order chi connectivity index (χ1) is 10.1. The average molecular weight is 286 g/mol. The van der Waals surface area contributed by atoms with Crippen molar-refractivity contribution < 1.29 is 9.90 Å². The first kappa shape index (κ1) is 13.4. The molecule has 0 saturated carbocycles. The van der Waals surface area contributed by atoms with Crippen LogP contribution in [0.5, 0.6) is 0 Å². The summed E-state index contributed by atoms with van der Waals surface area (Å²) >= 11 is 0. The molecule has 0 aliphatic heterocycles. The van der Waals surface area contributed by atoms with Crippen molar-refractivity contribution in [3.63, 3.8) is 0 Å². The lowest BCUT2D eigenvalue weighted by Crippen LogP contribution is -2.33. The lowest BCUT2D eigenvalue weighted by Gasteiger charge is -2.20. The van der Waals surface area contributed by atoms with E-state index in [0.717, 1.165) is 37.4 Å². The number of aromatic amines is 1. The lowest BCUT2D eigenvalue weighted by atomic mass is 9.90. The fourth-order valence-electron chi connectivity index (χ4n) is 2.79. The van der Waals surface area contributed by atoms with E-state index in [0.29, 0.717) is 5.69 Å². The van der Waals surface area contributed by atoms with Crippen LogP contribution in [0, 0.1) is 0 Å². The highest BCUT2D eigenvalue weighted by Gasteiger charge is 2.17. The maximum absolute atomic E-state index is 12.0. The van der Waals surface area contributed by atoms with E-state index in [9.17, 15) is 14.4 Å². The minimum absolute atomic E-state index is 0.442. The van der Waals surface area contributed by atoms with Crippen molar-refractivity contribution in [1.29, 1.82) is 0 Å². The van der Waals surface area contributed by atoms with Gasteiger partial charge in [0.2, 0.25) is 0 Å². The molecule has 0 bridgehead atoms. The van der Waals surface area contributed by atoms with E-state index in [-0.39, 0.29) is 0 Å². The number of hydrogen-bond acceptors (Lipinski definition) is 3. The molecule has 0 unspecified atom stereocenters.